The molecule has 0 bridgehead atoms. The Morgan fingerprint density at radius 2 is 2.14 bits per heavy atom. The van der Waals surface area contributed by atoms with Crippen molar-refractivity contribution < 1.29 is 4.39 Å². The third-order valence-corrected chi connectivity index (χ3v) is 4.45. The fourth-order valence-electron chi connectivity index (χ4n) is 3.12. The van der Waals surface area contributed by atoms with Gasteiger partial charge in [0, 0.05) is 31.2 Å². The van der Waals surface area contributed by atoms with Crippen molar-refractivity contribution in [2.45, 2.75) is 38.3 Å². The van der Waals surface area contributed by atoms with Crippen LogP contribution in [0.4, 0.5) is 4.39 Å². The average Bonchev–Trinajstić information content (AvgIpc) is 3.14. The van der Waals surface area contributed by atoms with E-state index in [9.17, 15) is 4.39 Å². The molecule has 21 heavy (non-hydrogen) atoms. The summed E-state index contributed by atoms with van der Waals surface area (Å²) in [5, 5.41) is 12.5. The molecule has 2 aliphatic rings. The number of hydrogen-bond donors (Lipinski definition) is 1. The second-order valence-corrected chi connectivity index (χ2v) is 6.32. The molecule has 1 aliphatic heterocycles. The van der Waals surface area contributed by atoms with Gasteiger partial charge in [-0.05, 0) is 44.2 Å². The van der Waals surface area contributed by atoms with Crippen LogP contribution in [0.25, 0.3) is 0 Å². The van der Waals surface area contributed by atoms with E-state index in [4.69, 9.17) is 5.26 Å². The summed E-state index contributed by atoms with van der Waals surface area (Å²) in [5.74, 6) is 0.439. The summed E-state index contributed by atoms with van der Waals surface area (Å²) < 4.78 is 14.2. The van der Waals surface area contributed by atoms with Gasteiger partial charge in [-0.25, -0.2) is 4.39 Å². The quantitative estimate of drug-likeness (QED) is 0.874. The predicted octanol–water partition coefficient (Wildman–Crippen LogP) is 2.66. The fourth-order valence-corrected chi connectivity index (χ4v) is 3.12. The molecule has 3 nitrogen and oxygen atoms in total. The van der Waals surface area contributed by atoms with Gasteiger partial charge in [-0.1, -0.05) is 12.1 Å². The summed E-state index contributed by atoms with van der Waals surface area (Å²) in [6, 6.07) is 7.59. The van der Waals surface area contributed by atoms with Crippen LogP contribution in [0.2, 0.25) is 0 Å². The average molecular weight is 287 g/mol. The first-order valence-corrected chi connectivity index (χ1v) is 7.89. The Morgan fingerprint density at radius 1 is 1.29 bits per heavy atom. The Hall–Kier alpha value is -1.44. The zero-order valence-corrected chi connectivity index (χ0v) is 12.3. The predicted molar refractivity (Wildman–Crippen MR) is 80.1 cm³/mol. The normalized spacial score (nSPS) is 21.7. The summed E-state index contributed by atoms with van der Waals surface area (Å²) in [5.41, 5.74) is 0.797. The minimum Gasteiger partial charge on any atom is -0.313 e. The highest BCUT2D eigenvalue weighted by atomic mass is 19.1. The van der Waals surface area contributed by atoms with E-state index in [-0.39, 0.29) is 11.4 Å². The number of benzene rings is 1. The van der Waals surface area contributed by atoms with Crippen molar-refractivity contribution in [1.82, 2.24) is 10.2 Å². The molecule has 0 aromatic heterocycles. The minimum absolute atomic E-state index is 0.151. The van der Waals surface area contributed by atoms with Crippen molar-refractivity contribution in [3.05, 3.63) is 35.1 Å². The number of hydrogen-bond acceptors (Lipinski definition) is 3. The summed E-state index contributed by atoms with van der Waals surface area (Å²) >= 11 is 0. The van der Waals surface area contributed by atoms with Gasteiger partial charge in [-0.15, -0.1) is 0 Å². The van der Waals surface area contributed by atoms with E-state index in [0.29, 0.717) is 18.2 Å². The highest BCUT2D eigenvalue weighted by Crippen LogP contribution is 2.30. The lowest BCUT2D eigenvalue weighted by atomic mass is 10.1. The van der Waals surface area contributed by atoms with Crippen LogP contribution in [-0.4, -0.2) is 30.6 Å². The molecule has 1 N–H and O–H groups in total. The van der Waals surface area contributed by atoms with Crippen LogP contribution in [0.3, 0.4) is 0 Å². The Kier molecular flexibility index (Phi) is 4.52. The minimum atomic E-state index is -0.347. The van der Waals surface area contributed by atoms with Gasteiger partial charge in [-0.2, -0.15) is 5.26 Å². The summed E-state index contributed by atoms with van der Waals surface area (Å²) in [7, 11) is 0. The largest absolute Gasteiger partial charge is 0.313 e. The number of nitrogens with one attached hydrogen (secondary N) is 1. The fraction of sp³-hybridized carbons (Fsp3) is 0.588. The van der Waals surface area contributed by atoms with Gasteiger partial charge in [-0.3, -0.25) is 4.90 Å². The van der Waals surface area contributed by atoms with Crippen LogP contribution in [0.15, 0.2) is 18.2 Å². The van der Waals surface area contributed by atoms with E-state index < -0.39 is 0 Å². The van der Waals surface area contributed by atoms with E-state index in [1.54, 1.807) is 18.2 Å². The van der Waals surface area contributed by atoms with Gasteiger partial charge in [0.05, 0.1) is 5.56 Å². The topological polar surface area (TPSA) is 39.1 Å². The van der Waals surface area contributed by atoms with Crippen LogP contribution in [-0.2, 0) is 6.54 Å². The molecule has 0 spiro atoms. The van der Waals surface area contributed by atoms with Gasteiger partial charge >= 0.3 is 0 Å². The molecule has 0 amide bonds. The Bertz CT molecular complexity index is 527. The number of nitriles is 1. The summed E-state index contributed by atoms with van der Waals surface area (Å²) in [4.78, 5) is 2.36. The number of nitrogens with zero attached hydrogens (tertiary/aromatic N) is 2. The molecular formula is C17H22FN3. The molecule has 0 radical (unpaired) electrons. The number of rotatable bonds is 6. The van der Waals surface area contributed by atoms with Gasteiger partial charge in [0.1, 0.15) is 11.9 Å². The van der Waals surface area contributed by atoms with Crippen LogP contribution in [0, 0.1) is 23.1 Å². The molecule has 1 saturated carbocycles. The first kappa shape index (κ1) is 14.5. The lowest BCUT2D eigenvalue weighted by Crippen LogP contribution is -2.38. The van der Waals surface area contributed by atoms with Crippen molar-refractivity contribution in [2.75, 3.05) is 19.6 Å². The second-order valence-electron chi connectivity index (χ2n) is 6.32. The van der Waals surface area contributed by atoms with Gasteiger partial charge < -0.3 is 5.32 Å². The lowest BCUT2D eigenvalue weighted by Gasteiger charge is -2.26. The molecule has 1 unspecified atom stereocenters. The van der Waals surface area contributed by atoms with Crippen molar-refractivity contribution in [1.29, 1.82) is 5.26 Å². The van der Waals surface area contributed by atoms with Crippen molar-refractivity contribution in [3.8, 4) is 6.07 Å². The van der Waals surface area contributed by atoms with Crippen LogP contribution in [0.1, 0.15) is 36.8 Å². The molecule has 1 aromatic rings. The van der Waals surface area contributed by atoms with Crippen molar-refractivity contribution in [2.24, 2.45) is 5.92 Å². The molecule has 1 aromatic carbocycles. The van der Waals surface area contributed by atoms with E-state index >= 15 is 0 Å². The molecule has 1 atom stereocenters. The Morgan fingerprint density at radius 3 is 2.81 bits per heavy atom. The van der Waals surface area contributed by atoms with Gasteiger partial charge in [0.2, 0.25) is 0 Å². The molecule has 2 fully saturated rings. The van der Waals surface area contributed by atoms with Crippen molar-refractivity contribution >= 4 is 0 Å². The monoisotopic (exact) mass is 287 g/mol. The van der Waals surface area contributed by atoms with E-state index in [0.717, 1.165) is 25.6 Å². The second kappa shape index (κ2) is 6.55. The smallest absolute Gasteiger partial charge is 0.145 e. The van der Waals surface area contributed by atoms with Crippen LogP contribution in [0.5, 0.6) is 0 Å². The maximum absolute atomic E-state index is 14.2. The number of halogens is 1. The maximum atomic E-state index is 14.2. The molecular weight excluding hydrogens is 265 g/mol. The summed E-state index contributed by atoms with van der Waals surface area (Å²) in [6.45, 7) is 3.73. The molecule has 1 heterocycles. The zero-order valence-electron chi connectivity index (χ0n) is 12.3. The maximum Gasteiger partial charge on any atom is 0.145 e. The summed E-state index contributed by atoms with van der Waals surface area (Å²) in [6.07, 6.45) is 5.05. The first-order valence-electron chi connectivity index (χ1n) is 7.89. The third-order valence-electron chi connectivity index (χ3n) is 4.45. The Labute approximate surface area is 125 Å². The highest BCUT2D eigenvalue weighted by molar-refractivity contribution is 5.34. The first-order chi connectivity index (χ1) is 10.3. The van der Waals surface area contributed by atoms with Crippen molar-refractivity contribution in [3.63, 3.8) is 0 Å². The Balaban J connectivity index is 1.69. The third kappa shape index (κ3) is 3.81. The highest BCUT2D eigenvalue weighted by Gasteiger charge is 2.27. The van der Waals surface area contributed by atoms with E-state index in [1.807, 2.05) is 6.07 Å². The van der Waals surface area contributed by atoms with E-state index in [2.05, 4.69) is 10.2 Å². The molecule has 112 valence electrons. The zero-order chi connectivity index (χ0) is 14.7. The standard InChI is InChI=1S/C17H22FN3/c18-17-14(9-19)3-1-4-15(17)11-21(10-13-6-7-13)12-16-5-2-8-20-16/h1,3-4,13,16,20H,2,5-8,10-12H2. The van der Waals surface area contributed by atoms with Crippen LogP contribution >= 0.6 is 0 Å². The van der Waals surface area contributed by atoms with Gasteiger partial charge in [0.15, 0.2) is 0 Å². The molecule has 1 aliphatic carbocycles. The van der Waals surface area contributed by atoms with Gasteiger partial charge in [0.25, 0.3) is 0 Å². The van der Waals surface area contributed by atoms with Crippen LogP contribution < -0.4 is 5.32 Å². The molecule has 4 heteroatoms. The SMILES string of the molecule is N#Cc1cccc(CN(CC2CC2)CC2CCCN2)c1F. The van der Waals surface area contributed by atoms with E-state index in [1.165, 1.54) is 25.7 Å². The molecule has 3 rings (SSSR count). The lowest BCUT2D eigenvalue weighted by molar-refractivity contribution is 0.229. The molecule has 1 saturated heterocycles.